The zero-order chi connectivity index (χ0) is 15.4. The van der Waals surface area contributed by atoms with Crippen LogP contribution < -0.4 is 0 Å². The number of benzene rings is 2. The molecule has 2 N–H and O–H groups in total. The van der Waals surface area contributed by atoms with E-state index in [0.717, 1.165) is 12.8 Å². The van der Waals surface area contributed by atoms with Crippen LogP contribution in [-0.4, -0.2) is 6.21 Å². The fourth-order valence-corrected chi connectivity index (χ4v) is 3.06. The number of hydrogen-bond acceptors (Lipinski definition) is 1. The molecule has 24 heavy (non-hydrogen) atoms. The number of nitrogens with two attached hydrogens (primary N) is 1. The normalized spacial score (nSPS) is 14.7. The Hall–Kier alpha value is -1.55. The number of rotatable bonds is 3. The fraction of sp³-hybridized carbons (Fsp3) is 0.286. The van der Waals surface area contributed by atoms with Gasteiger partial charge in [-0.25, -0.2) is 0 Å². The number of allylic oxidation sites excluding steroid dienone is 2. The molecule has 3 rings (SSSR count). The van der Waals surface area contributed by atoms with Crippen LogP contribution in [-0.2, 0) is 19.8 Å². The van der Waals surface area contributed by atoms with Crippen molar-refractivity contribution in [3.63, 3.8) is 0 Å². The summed E-state index contributed by atoms with van der Waals surface area (Å²) in [6.07, 6.45) is 7.74. The third-order valence-corrected chi connectivity index (χ3v) is 4.45. The monoisotopic (exact) mass is 496 g/mol. The minimum Gasteiger partial charge on any atom is -0.693 e. The molecule has 0 saturated carbocycles. The van der Waals surface area contributed by atoms with Crippen LogP contribution in [0.5, 0.6) is 0 Å². The first-order valence-corrected chi connectivity index (χ1v) is 8.02. The van der Waals surface area contributed by atoms with E-state index in [1.807, 2.05) is 6.07 Å². The Kier molecular flexibility index (Phi) is 8.26. The first-order valence-electron chi connectivity index (χ1n) is 8.02. The topological polar surface area (TPSA) is 45.9 Å². The van der Waals surface area contributed by atoms with Gasteiger partial charge in [-0.15, -0.1) is 5.56 Å². The van der Waals surface area contributed by atoms with E-state index in [0.29, 0.717) is 0 Å². The van der Waals surface area contributed by atoms with Gasteiger partial charge in [-0.3, -0.25) is 4.99 Å². The fourth-order valence-electron chi connectivity index (χ4n) is 3.06. The van der Waals surface area contributed by atoms with Crippen LogP contribution >= 0.6 is 0 Å². The number of nitrogens with zero attached hydrogens (tertiary/aromatic N) is 1. The quantitative estimate of drug-likeness (QED) is 0.464. The van der Waals surface area contributed by atoms with Crippen LogP contribution in [0, 0.1) is 19.9 Å². The van der Waals surface area contributed by atoms with Gasteiger partial charge in [0.05, 0.1) is 0 Å². The molecule has 0 aliphatic carbocycles. The molecular formula is C21H24N2Os. The molecule has 0 bridgehead atoms. The van der Waals surface area contributed by atoms with Crippen molar-refractivity contribution in [2.24, 2.45) is 4.99 Å². The smallest absolute Gasteiger partial charge is 0.693 e. The van der Waals surface area contributed by atoms with E-state index in [9.17, 15) is 0 Å². The second kappa shape index (κ2) is 9.67. The average molecular weight is 495 g/mol. The molecule has 1 atom stereocenters. The molecule has 0 saturated heterocycles. The minimum atomic E-state index is 0. The molecule has 2 nitrogen and oxygen atoms in total. The largest absolute Gasteiger partial charge is 2.00 e. The maximum atomic E-state index is 4.77. The molecule has 2 aromatic carbocycles. The number of aryl methyl sites for hydroxylation is 1. The predicted molar refractivity (Wildman–Crippen MR) is 98.7 cm³/mol. The first-order chi connectivity index (χ1) is 10.8. The van der Waals surface area contributed by atoms with Crippen LogP contribution in [0.15, 0.2) is 59.2 Å². The maximum absolute atomic E-state index is 4.77. The van der Waals surface area contributed by atoms with Gasteiger partial charge in [-0.05, 0) is 49.8 Å². The summed E-state index contributed by atoms with van der Waals surface area (Å²) in [7, 11) is 0. The SMILES string of the molecule is Cc1cccc(C(C2=CCCCC=N2)c2c[c-]ccc2)c1C.[NH2-].[Os+2]. The summed E-state index contributed by atoms with van der Waals surface area (Å²) in [5.41, 5.74) is 6.48. The Labute approximate surface area is 158 Å². The van der Waals surface area contributed by atoms with Crippen molar-refractivity contribution in [2.45, 2.75) is 39.0 Å². The van der Waals surface area contributed by atoms with Gasteiger partial charge < -0.3 is 6.15 Å². The summed E-state index contributed by atoms with van der Waals surface area (Å²) in [5, 5.41) is 0. The van der Waals surface area contributed by atoms with E-state index in [1.165, 1.54) is 34.4 Å². The molecule has 0 aromatic heterocycles. The van der Waals surface area contributed by atoms with Gasteiger partial charge in [-0.1, -0.05) is 24.3 Å². The van der Waals surface area contributed by atoms with Crippen molar-refractivity contribution in [1.82, 2.24) is 0 Å². The van der Waals surface area contributed by atoms with Crippen molar-refractivity contribution in [2.75, 3.05) is 0 Å². The van der Waals surface area contributed by atoms with Gasteiger partial charge in [-0.2, -0.15) is 30.3 Å². The molecular weight excluding hydrogens is 470 g/mol. The molecule has 0 fully saturated rings. The van der Waals surface area contributed by atoms with Crippen LogP contribution in [0.3, 0.4) is 0 Å². The van der Waals surface area contributed by atoms with Gasteiger partial charge in [0.25, 0.3) is 0 Å². The van der Waals surface area contributed by atoms with E-state index >= 15 is 0 Å². The molecule has 0 radical (unpaired) electrons. The second-order valence-electron chi connectivity index (χ2n) is 5.93. The van der Waals surface area contributed by atoms with Crippen LogP contribution in [0.25, 0.3) is 6.15 Å². The Morgan fingerprint density at radius 1 is 1.08 bits per heavy atom. The van der Waals surface area contributed by atoms with Crippen molar-refractivity contribution < 1.29 is 19.8 Å². The van der Waals surface area contributed by atoms with E-state index in [4.69, 9.17) is 4.99 Å². The average Bonchev–Trinajstić information content (AvgIpc) is 2.82. The summed E-state index contributed by atoms with van der Waals surface area (Å²) < 4.78 is 0. The van der Waals surface area contributed by atoms with Crippen molar-refractivity contribution >= 4 is 6.21 Å². The van der Waals surface area contributed by atoms with Crippen LogP contribution in [0.4, 0.5) is 0 Å². The standard InChI is InChI=1S/C21H22N.H2N.Os/c1-16-10-9-13-19(17(16)2)21(18-11-5-3-6-12-18)20-14-7-4-8-15-22-20;;/h3,5,9-15,21H,4,7-8H2,1-2H3;1H2;/q2*-1;+2. The van der Waals surface area contributed by atoms with E-state index in [1.54, 1.807) is 0 Å². The van der Waals surface area contributed by atoms with Gasteiger partial charge in [0.1, 0.15) is 0 Å². The van der Waals surface area contributed by atoms with Crippen LogP contribution in [0.1, 0.15) is 47.4 Å². The van der Waals surface area contributed by atoms with Crippen molar-refractivity contribution in [3.05, 3.63) is 88.7 Å². The number of aliphatic imine (C=N–C) groups is 1. The van der Waals surface area contributed by atoms with Gasteiger partial charge in [0, 0.05) is 17.8 Å². The third-order valence-electron chi connectivity index (χ3n) is 4.45. The molecule has 1 heterocycles. The molecule has 0 amide bonds. The van der Waals surface area contributed by atoms with Crippen molar-refractivity contribution in [1.29, 1.82) is 0 Å². The molecule has 1 unspecified atom stereocenters. The Bertz CT molecular complexity index is 705. The van der Waals surface area contributed by atoms with Gasteiger partial charge in [0.2, 0.25) is 0 Å². The van der Waals surface area contributed by atoms with Gasteiger partial charge in [0.15, 0.2) is 0 Å². The summed E-state index contributed by atoms with van der Waals surface area (Å²) in [5.74, 6) is 0.201. The summed E-state index contributed by atoms with van der Waals surface area (Å²) in [4.78, 5) is 4.77. The molecule has 126 valence electrons. The summed E-state index contributed by atoms with van der Waals surface area (Å²) >= 11 is 0. The van der Waals surface area contributed by atoms with E-state index < -0.39 is 0 Å². The Morgan fingerprint density at radius 3 is 2.67 bits per heavy atom. The Morgan fingerprint density at radius 2 is 1.92 bits per heavy atom. The second-order valence-corrected chi connectivity index (χ2v) is 5.93. The maximum Gasteiger partial charge on any atom is 2.00 e. The number of hydrogen-bond donors (Lipinski definition) is 0. The first kappa shape index (κ1) is 20.5. The van der Waals surface area contributed by atoms with Crippen LogP contribution in [0.2, 0.25) is 0 Å². The Balaban J connectivity index is 0.00000144. The van der Waals surface area contributed by atoms with E-state index in [-0.39, 0.29) is 31.9 Å². The zero-order valence-electron chi connectivity index (χ0n) is 14.3. The van der Waals surface area contributed by atoms with Gasteiger partial charge >= 0.3 is 19.8 Å². The molecule has 1 aliphatic heterocycles. The van der Waals surface area contributed by atoms with Crippen molar-refractivity contribution in [3.8, 4) is 0 Å². The minimum absolute atomic E-state index is 0. The molecule has 2 aromatic rings. The molecule has 1 aliphatic rings. The summed E-state index contributed by atoms with van der Waals surface area (Å²) in [6.45, 7) is 4.39. The third kappa shape index (κ3) is 4.50. The summed E-state index contributed by atoms with van der Waals surface area (Å²) in [6, 6.07) is 18.1. The predicted octanol–water partition coefficient (Wildman–Crippen LogP) is 6.09. The zero-order valence-corrected chi connectivity index (χ0v) is 16.8. The molecule has 0 spiro atoms. The molecule has 3 heteroatoms. The van der Waals surface area contributed by atoms with E-state index in [2.05, 4.69) is 68.6 Å².